The molecule has 9 nitrogen and oxygen atoms in total. The summed E-state index contributed by atoms with van der Waals surface area (Å²) in [6, 6.07) is 4.14. The van der Waals surface area contributed by atoms with E-state index in [1.54, 1.807) is 13.3 Å². The molecule has 0 radical (unpaired) electrons. The molecule has 2 fully saturated rings. The van der Waals surface area contributed by atoms with Crippen molar-refractivity contribution in [1.29, 1.82) is 0 Å². The van der Waals surface area contributed by atoms with E-state index in [-0.39, 0.29) is 18.7 Å². The molecule has 9 heteroatoms. The molecule has 0 bridgehead atoms. The van der Waals surface area contributed by atoms with Crippen LogP contribution in [0, 0.1) is 11.8 Å². The maximum atomic E-state index is 11.8. The SMILES string of the molecule is CCOc1cc2c(cc1CN1C[C@@H]3CC[C@@](O)(c4cnc(OC)nc4OC)[C@@H]3C1)OCO2. The summed E-state index contributed by atoms with van der Waals surface area (Å²) in [5, 5.41) is 11.8. The molecule has 3 heterocycles. The summed E-state index contributed by atoms with van der Waals surface area (Å²) >= 11 is 0. The van der Waals surface area contributed by atoms with Gasteiger partial charge in [0.05, 0.1) is 26.4 Å². The Morgan fingerprint density at radius 2 is 2.00 bits per heavy atom. The minimum Gasteiger partial charge on any atom is -0.493 e. The van der Waals surface area contributed by atoms with Gasteiger partial charge in [0, 0.05) is 43.4 Å². The largest absolute Gasteiger partial charge is 0.493 e. The Balaban J connectivity index is 1.38. The monoisotopic (exact) mass is 443 g/mol. The fourth-order valence-electron chi connectivity index (χ4n) is 5.37. The van der Waals surface area contributed by atoms with E-state index >= 15 is 0 Å². The highest BCUT2D eigenvalue weighted by Gasteiger charge is 2.54. The van der Waals surface area contributed by atoms with Crippen molar-refractivity contribution in [3.05, 3.63) is 29.5 Å². The highest BCUT2D eigenvalue weighted by Crippen LogP contribution is 2.52. The molecule has 2 aromatic rings. The summed E-state index contributed by atoms with van der Waals surface area (Å²) < 4.78 is 27.5. The van der Waals surface area contributed by atoms with Gasteiger partial charge in [-0.15, -0.1) is 0 Å². The molecule has 172 valence electrons. The third-order valence-electron chi connectivity index (χ3n) is 6.85. The lowest BCUT2D eigenvalue weighted by Gasteiger charge is -2.31. The van der Waals surface area contributed by atoms with Crippen LogP contribution in [0.2, 0.25) is 0 Å². The normalized spacial score (nSPS) is 26.2. The molecule has 0 spiro atoms. The maximum Gasteiger partial charge on any atom is 0.319 e. The number of aliphatic hydroxyl groups is 1. The van der Waals surface area contributed by atoms with Gasteiger partial charge in [0.25, 0.3) is 0 Å². The molecule has 1 aromatic carbocycles. The summed E-state index contributed by atoms with van der Waals surface area (Å²) in [4.78, 5) is 10.9. The number of aromatic nitrogens is 2. The van der Waals surface area contributed by atoms with Crippen molar-refractivity contribution in [2.75, 3.05) is 40.7 Å². The Kier molecular flexibility index (Phi) is 5.46. The van der Waals surface area contributed by atoms with Gasteiger partial charge in [0.2, 0.25) is 12.7 Å². The predicted molar refractivity (Wildman–Crippen MR) is 114 cm³/mol. The Morgan fingerprint density at radius 1 is 1.19 bits per heavy atom. The fourth-order valence-corrected chi connectivity index (χ4v) is 5.37. The van der Waals surface area contributed by atoms with Gasteiger partial charge in [0.15, 0.2) is 11.5 Å². The van der Waals surface area contributed by atoms with Crippen LogP contribution >= 0.6 is 0 Å². The number of benzene rings is 1. The second-order valence-corrected chi connectivity index (χ2v) is 8.55. The first-order valence-corrected chi connectivity index (χ1v) is 11.0. The summed E-state index contributed by atoms with van der Waals surface area (Å²) in [6.45, 7) is 5.17. The Morgan fingerprint density at radius 3 is 2.75 bits per heavy atom. The van der Waals surface area contributed by atoms with Crippen molar-refractivity contribution < 1.29 is 28.8 Å². The topological polar surface area (TPSA) is 95.4 Å². The van der Waals surface area contributed by atoms with E-state index in [9.17, 15) is 5.11 Å². The minimum absolute atomic E-state index is 0.0675. The van der Waals surface area contributed by atoms with Gasteiger partial charge in [-0.25, -0.2) is 4.98 Å². The van der Waals surface area contributed by atoms with Crippen molar-refractivity contribution >= 4 is 0 Å². The lowest BCUT2D eigenvalue weighted by molar-refractivity contribution is -0.00974. The molecule has 1 aliphatic carbocycles. The van der Waals surface area contributed by atoms with E-state index in [0.717, 1.165) is 42.3 Å². The average molecular weight is 444 g/mol. The van der Waals surface area contributed by atoms with E-state index in [2.05, 4.69) is 14.9 Å². The van der Waals surface area contributed by atoms with E-state index in [0.29, 0.717) is 36.9 Å². The van der Waals surface area contributed by atoms with E-state index in [4.69, 9.17) is 23.7 Å². The smallest absolute Gasteiger partial charge is 0.319 e. The summed E-state index contributed by atoms with van der Waals surface area (Å²) in [6.07, 6.45) is 3.24. The second-order valence-electron chi connectivity index (χ2n) is 8.55. The molecule has 3 atom stereocenters. The highest BCUT2D eigenvalue weighted by atomic mass is 16.7. The van der Waals surface area contributed by atoms with Crippen molar-refractivity contribution in [3.63, 3.8) is 0 Å². The zero-order chi connectivity index (χ0) is 22.3. The first-order chi connectivity index (χ1) is 15.6. The number of nitrogens with zero attached hydrogens (tertiary/aromatic N) is 3. The molecule has 5 rings (SSSR count). The third kappa shape index (κ3) is 3.49. The van der Waals surface area contributed by atoms with Crippen molar-refractivity contribution in [2.24, 2.45) is 11.8 Å². The van der Waals surface area contributed by atoms with Crippen LogP contribution in [0.3, 0.4) is 0 Å². The Labute approximate surface area is 187 Å². The number of ether oxygens (including phenoxy) is 5. The third-order valence-corrected chi connectivity index (χ3v) is 6.85. The summed E-state index contributed by atoms with van der Waals surface area (Å²) in [7, 11) is 3.06. The van der Waals surface area contributed by atoms with Crippen LogP contribution in [0.4, 0.5) is 0 Å². The van der Waals surface area contributed by atoms with Gasteiger partial charge in [-0.3, -0.25) is 4.90 Å². The van der Waals surface area contributed by atoms with Gasteiger partial charge in [-0.2, -0.15) is 4.98 Å². The molecule has 1 saturated heterocycles. The molecule has 2 aliphatic heterocycles. The predicted octanol–water partition coefficient (Wildman–Crippen LogP) is 2.35. The van der Waals surface area contributed by atoms with Gasteiger partial charge >= 0.3 is 6.01 Å². The maximum absolute atomic E-state index is 11.8. The number of rotatable bonds is 7. The molecular formula is C23H29N3O6. The Bertz CT molecular complexity index is 1000. The van der Waals surface area contributed by atoms with Gasteiger partial charge < -0.3 is 28.8 Å². The number of fused-ring (bicyclic) bond motifs is 2. The van der Waals surface area contributed by atoms with Crippen LogP contribution in [0.25, 0.3) is 0 Å². The van der Waals surface area contributed by atoms with E-state index in [1.165, 1.54) is 7.11 Å². The van der Waals surface area contributed by atoms with Gasteiger partial charge in [-0.1, -0.05) is 0 Å². The molecule has 3 aliphatic rings. The lowest BCUT2D eigenvalue weighted by Crippen LogP contribution is -2.35. The van der Waals surface area contributed by atoms with Gasteiger partial charge in [0.1, 0.15) is 11.4 Å². The number of methoxy groups -OCH3 is 2. The van der Waals surface area contributed by atoms with Crippen LogP contribution < -0.4 is 23.7 Å². The standard InChI is InChI=1S/C23H29N3O6/c1-4-30-18-8-20-19(31-13-32-20)7-15(18)11-26-10-14-5-6-23(27,17(14)12-26)16-9-24-22(29-3)25-21(16)28-2/h7-9,14,17,27H,4-6,10-13H2,1-3H3/t14-,17+,23+/m0/s1. The minimum atomic E-state index is -1.03. The average Bonchev–Trinajstić information content (AvgIpc) is 3.50. The van der Waals surface area contributed by atoms with E-state index < -0.39 is 5.60 Å². The number of likely N-dealkylation sites (tertiary alicyclic amines) is 1. The number of hydrogen-bond acceptors (Lipinski definition) is 9. The highest BCUT2D eigenvalue weighted by molar-refractivity contribution is 5.52. The molecule has 1 N–H and O–H groups in total. The van der Waals surface area contributed by atoms with Gasteiger partial charge in [-0.05, 0) is 31.7 Å². The van der Waals surface area contributed by atoms with Crippen LogP contribution in [-0.4, -0.2) is 60.7 Å². The molecule has 0 amide bonds. The lowest BCUT2D eigenvalue weighted by atomic mass is 9.83. The second kappa shape index (κ2) is 8.29. The molecule has 1 aromatic heterocycles. The zero-order valence-electron chi connectivity index (χ0n) is 18.7. The molecular weight excluding hydrogens is 414 g/mol. The Hall–Kier alpha value is -2.78. The molecule has 0 unspecified atom stereocenters. The van der Waals surface area contributed by atoms with Crippen LogP contribution in [0.5, 0.6) is 29.1 Å². The van der Waals surface area contributed by atoms with E-state index in [1.807, 2.05) is 19.1 Å². The first kappa shape index (κ1) is 21.1. The van der Waals surface area contributed by atoms with Crippen molar-refractivity contribution in [2.45, 2.75) is 31.9 Å². The van der Waals surface area contributed by atoms with Crippen molar-refractivity contribution in [1.82, 2.24) is 14.9 Å². The summed E-state index contributed by atoms with van der Waals surface area (Å²) in [5.41, 5.74) is 0.660. The first-order valence-electron chi connectivity index (χ1n) is 11.0. The molecule has 32 heavy (non-hydrogen) atoms. The quantitative estimate of drug-likeness (QED) is 0.692. The van der Waals surface area contributed by atoms with Crippen LogP contribution in [-0.2, 0) is 12.1 Å². The molecule has 1 saturated carbocycles. The van der Waals surface area contributed by atoms with Crippen LogP contribution in [0.15, 0.2) is 18.3 Å². The van der Waals surface area contributed by atoms with Crippen LogP contribution in [0.1, 0.15) is 30.9 Å². The number of hydrogen-bond donors (Lipinski definition) is 1. The fraction of sp³-hybridized carbons (Fsp3) is 0.565. The zero-order valence-corrected chi connectivity index (χ0v) is 18.7. The summed E-state index contributed by atoms with van der Waals surface area (Å²) in [5.74, 6) is 3.10. The van der Waals surface area contributed by atoms with Crippen molar-refractivity contribution in [3.8, 4) is 29.1 Å².